The zero-order chi connectivity index (χ0) is 15.2. The van der Waals surface area contributed by atoms with Crippen molar-refractivity contribution in [2.45, 2.75) is 97.8 Å². The summed E-state index contributed by atoms with van der Waals surface area (Å²) < 4.78 is 0. The van der Waals surface area contributed by atoms with E-state index in [0.717, 1.165) is 38.0 Å². The Morgan fingerprint density at radius 1 is 0.800 bits per heavy atom. The second-order valence-corrected chi connectivity index (χ2v) is 6.42. The Balaban J connectivity index is 3.67. The fourth-order valence-electron chi connectivity index (χ4n) is 2.81. The highest BCUT2D eigenvalue weighted by atomic mass is 16.4. The van der Waals surface area contributed by atoms with Crippen LogP contribution >= 0.6 is 0 Å². The lowest BCUT2D eigenvalue weighted by molar-refractivity contribution is -0.142. The van der Waals surface area contributed by atoms with Crippen LogP contribution in [0.4, 0.5) is 0 Å². The van der Waals surface area contributed by atoms with Crippen LogP contribution in [0.3, 0.4) is 0 Å². The molecule has 2 atom stereocenters. The fourth-order valence-corrected chi connectivity index (χ4v) is 2.81. The third-order valence-corrected chi connectivity index (χ3v) is 4.31. The third kappa shape index (κ3) is 11.3. The number of rotatable bonds is 14. The minimum atomic E-state index is -0.586. The summed E-state index contributed by atoms with van der Waals surface area (Å²) in [5.74, 6) is 0.0717. The second kappa shape index (κ2) is 13.5. The van der Waals surface area contributed by atoms with E-state index >= 15 is 0 Å². The molecule has 0 bridgehead atoms. The van der Waals surface area contributed by atoms with Gasteiger partial charge in [0.05, 0.1) is 5.92 Å². The van der Waals surface area contributed by atoms with Crippen LogP contribution in [0, 0.1) is 11.8 Å². The van der Waals surface area contributed by atoms with Crippen LogP contribution < -0.4 is 0 Å². The van der Waals surface area contributed by atoms with Crippen molar-refractivity contribution in [3.8, 4) is 0 Å². The standard InChI is InChI=1S/C18H36O2/c1-4-6-8-10-12-16(3)13-11-15-17(18(19)20)14-9-7-5-2/h16-17H,4-15H2,1-3H3,(H,19,20). The first-order chi connectivity index (χ1) is 9.61. The molecule has 0 aliphatic carbocycles. The number of carboxylic acid groups (broad SMARTS) is 1. The van der Waals surface area contributed by atoms with Crippen molar-refractivity contribution in [2.75, 3.05) is 0 Å². The first-order valence-corrected chi connectivity index (χ1v) is 8.84. The van der Waals surface area contributed by atoms with Crippen molar-refractivity contribution in [1.82, 2.24) is 0 Å². The van der Waals surface area contributed by atoms with Crippen molar-refractivity contribution >= 4 is 5.97 Å². The Hall–Kier alpha value is -0.530. The van der Waals surface area contributed by atoms with E-state index in [4.69, 9.17) is 0 Å². The lowest BCUT2D eigenvalue weighted by Crippen LogP contribution is -2.14. The lowest BCUT2D eigenvalue weighted by Gasteiger charge is -2.14. The van der Waals surface area contributed by atoms with Gasteiger partial charge in [0.1, 0.15) is 0 Å². The number of carbonyl (C=O) groups is 1. The number of unbranched alkanes of at least 4 members (excludes halogenated alkanes) is 5. The highest BCUT2D eigenvalue weighted by Crippen LogP contribution is 2.21. The third-order valence-electron chi connectivity index (χ3n) is 4.31. The van der Waals surface area contributed by atoms with Crippen LogP contribution in [-0.2, 0) is 4.79 Å². The molecule has 0 rings (SSSR count). The summed E-state index contributed by atoms with van der Waals surface area (Å²) in [6.07, 6.45) is 14.1. The summed E-state index contributed by atoms with van der Waals surface area (Å²) in [6.45, 7) is 6.73. The van der Waals surface area contributed by atoms with Crippen molar-refractivity contribution < 1.29 is 9.90 Å². The van der Waals surface area contributed by atoms with Gasteiger partial charge in [-0.2, -0.15) is 0 Å². The molecule has 2 heteroatoms. The van der Waals surface area contributed by atoms with E-state index in [1.54, 1.807) is 0 Å². The Bertz CT molecular complexity index is 225. The number of carboxylic acids is 1. The molecular formula is C18H36O2. The topological polar surface area (TPSA) is 37.3 Å². The Morgan fingerprint density at radius 3 is 1.90 bits per heavy atom. The van der Waals surface area contributed by atoms with Gasteiger partial charge in [0.15, 0.2) is 0 Å². The molecule has 0 saturated carbocycles. The largest absolute Gasteiger partial charge is 0.481 e. The number of hydrogen-bond acceptors (Lipinski definition) is 1. The first-order valence-electron chi connectivity index (χ1n) is 8.84. The predicted octanol–water partition coefficient (Wildman–Crippen LogP) is 6.04. The van der Waals surface area contributed by atoms with Gasteiger partial charge in [-0.3, -0.25) is 4.79 Å². The van der Waals surface area contributed by atoms with Gasteiger partial charge >= 0.3 is 5.97 Å². The maximum atomic E-state index is 11.2. The van der Waals surface area contributed by atoms with Gasteiger partial charge < -0.3 is 5.11 Å². The van der Waals surface area contributed by atoms with E-state index in [9.17, 15) is 9.90 Å². The van der Waals surface area contributed by atoms with Crippen molar-refractivity contribution in [1.29, 1.82) is 0 Å². The molecule has 0 aromatic heterocycles. The van der Waals surface area contributed by atoms with Crippen molar-refractivity contribution in [3.63, 3.8) is 0 Å². The quantitative estimate of drug-likeness (QED) is 0.394. The summed E-state index contributed by atoms with van der Waals surface area (Å²) in [4.78, 5) is 11.2. The van der Waals surface area contributed by atoms with E-state index in [1.165, 1.54) is 44.9 Å². The average molecular weight is 284 g/mol. The maximum absolute atomic E-state index is 11.2. The Kier molecular flexibility index (Phi) is 13.1. The first kappa shape index (κ1) is 19.5. The molecule has 1 N–H and O–H groups in total. The zero-order valence-corrected chi connectivity index (χ0v) is 14.0. The molecule has 120 valence electrons. The van der Waals surface area contributed by atoms with E-state index in [-0.39, 0.29) is 5.92 Å². The van der Waals surface area contributed by atoms with Gasteiger partial charge in [-0.05, 0) is 18.8 Å². The highest BCUT2D eigenvalue weighted by molar-refractivity contribution is 5.69. The van der Waals surface area contributed by atoms with E-state index in [0.29, 0.717) is 0 Å². The average Bonchev–Trinajstić information content (AvgIpc) is 2.42. The highest BCUT2D eigenvalue weighted by Gasteiger charge is 2.16. The van der Waals surface area contributed by atoms with Gasteiger partial charge in [0.2, 0.25) is 0 Å². The molecule has 0 heterocycles. The molecule has 0 aromatic carbocycles. The summed E-state index contributed by atoms with van der Waals surface area (Å²) in [6, 6.07) is 0. The molecule has 0 spiro atoms. The van der Waals surface area contributed by atoms with Crippen LogP contribution in [0.15, 0.2) is 0 Å². The Labute approximate surface area is 126 Å². The number of aliphatic carboxylic acids is 1. The zero-order valence-electron chi connectivity index (χ0n) is 14.0. The number of hydrogen-bond donors (Lipinski definition) is 1. The van der Waals surface area contributed by atoms with Gasteiger partial charge in [0, 0.05) is 0 Å². The molecule has 0 fully saturated rings. The summed E-state index contributed by atoms with van der Waals surface area (Å²) in [5.41, 5.74) is 0. The molecule has 2 nitrogen and oxygen atoms in total. The fraction of sp³-hybridized carbons (Fsp3) is 0.944. The van der Waals surface area contributed by atoms with Crippen LogP contribution in [0.25, 0.3) is 0 Å². The lowest BCUT2D eigenvalue weighted by atomic mass is 9.91. The molecular weight excluding hydrogens is 248 g/mol. The van der Waals surface area contributed by atoms with Crippen LogP contribution in [0.1, 0.15) is 97.8 Å². The van der Waals surface area contributed by atoms with E-state index < -0.39 is 5.97 Å². The predicted molar refractivity (Wildman–Crippen MR) is 87.0 cm³/mol. The van der Waals surface area contributed by atoms with Gasteiger partial charge in [-0.15, -0.1) is 0 Å². The smallest absolute Gasteiger partial charge is 0.306 e. The Morgan fingerprint density at radius 2 is 1.30 bits per heavy atom. The van der Waals surface area contributed by atoms with Crippen molar-refractivity contribution in [3.05, 3.63) is 0 Å². The van der Waals surface area contributed by atoms with Gasteiger partial charge in [0.25, 0.3) is 0 Å². The monoisotopic (exact) mass is 284 g/mol. The second-order valence-electron chi connectivity index (χ2n) is 6.42. The molecule has 0 aromatic rings. The summed E-state index contributed by atoms with van der Waals surface area (Å²) in [5, 5.41) is 9.24. The van der Waals surface area contributed by atoms with Crippen molar-refractivity contribution in [2.24, 2.45) is 11.8 Å². The molecule has 0 aliphatic rings. The van der Waals surface area contributed by atoms with Crippen LogP contribution in [-0.4, -0.2) is 11.1 Å². The normalized spacial score (nSPS) is 14.2. The molecule has 2 unspecified atom stereocenters. The van der Waals surface area contributed by atoms with Gasteiger partial charge in [-0.25, -0.2) is 0 Å². The SMILES string of the molecule is CCCCCCC(C)CCCC(CCCCC)C(=O)O. The molecule has 0 amide bonds. The molecule has 0 aliphatic heterocycles. The molecule has 0 radical (unpaired) electrons. The maximum Gasteiger partial charge on any atom is 0.306 e. The molecule has 0 saturated heterocycles. The minimum absolute atomic E-state index is 0.103. The van der Waals surface area contributed by atoms with Gasteiger partial charge in [-0.1, -0.05) is 85.0 Å². The summed E-state index contributed by atoms with van der Waals surface area (Å²) >= 11 is 0. The van der Waals surface area contributed by atoms with E-state index in [2.05, 4.69) is 20.8 Å². The van der Waals surface area contributed by atoms with Crippen LogP contribution in [0.2, 0.25) is 0 Å². The van der Waals surface area contributed by atoms with E-state index in [1.807, 2.05) is 0 Å². The minimum Gasteiger partial charge on any atom is -0.481 e. The van der Waals surface area contributed by atoms with Crippen LogP contribution in [0.5, 0.6) is 0 Å². The molecule has 20 heavy (non-hydrogen) atoms. The summed E-state index contributed by atoms with van der Waals surface area (Å²) in [7, 11) is 0.